The van der Waals surface area contributed by atoms with Crippen LogP contribution in [0, 0.1) is 5.82 Å². The van der Waals surface area contributed by atoms with E-state index in [1.807, 2.05) is 0 Å². The average Bonchev–Trinajstić information content (AvgIpc) is 3.36. The molecule has 2 aromatic rings. The van der Waals surface area contributed by atoms with Gasteiger partial charge in [0.15, 0.2) is 9.84 Å². The van der Waals surface area contributed by atoms with E-state index < -0.39 is 74.0 Å². The summed E-state index contributed by atoms with van der Waals surface area (Å²) in [6, 6.07) is 5.10. The van der Waals surface area contributed by atoms with Crippen molar-refractivity contribution in [2.24, 2.45) is 0 Å². The van der Waals surface area contributed by atoms with Crippen molar-refractivity contribution in [3.05, 3.63) is 70.5 Å². The number of carbonyl (C=O) groups excluding carboxylic acids is 2. The topological polar surface area (TPSA) is 78.0 Å². The first kappa shape index (κ1) is 32.6. The molecular weight excluding hydrogens is 607 g/mol. The number of likely N-dealkylation sites (tertiary alicyclic amines) is 1. The fourth-order valence-corrected chi connectivity index (χ4v) is 6.71. The number of alkyl halides is 6. The van der Waals surface area contributed by atoms with Crippen molar-refractivity contribution >= 4 is 21.8 Å². The number of hydrogen-bond acceptors (Lipinski definition) is 4. The minimum absolute atomic E-state index is 0.00930. The number of benzene rings is 2. The Morgan fingerprint density at radius 2 is 1.30 bits per heavy atom. The summed E-state index contributed by atoms with van der Waals surface area (Å²) < 4.78 is 119. The van der Waals surface area contributed by atoms with Crippen molar-refractivity contribution < 1.29 is 48.7 Å². The zero-order valence-corrected chi connectivity index (χ0v) is 24.3. The van der Waals surface area contributed by atoms with Gasteiger partial charge in [-0.3, -0.25) is 4.79 Å². The maximum absolute atomic E-state index is 13.9. The summed E-state index contributed by atoms with van der Waals surface area (Å²) in [6.45, 7) is 2.39. The number of carbonyl (C=O) groups is 2. The minimum Gasteiger partial charge on any atom is -0.340 e. The molecule has 2 fully saturated rings. The average molecular weight is 638 g/mol. The first-order valence-electron chi connectivity index (χ1n) is 13.3. The number of likely N-dealkylation sites (N-methyl/N-ethyl adjacent to an activating group) is 1. The van der Waals surface area contributed by atoms with Crippen LogP contribution in [0.2, 0.25) is 0 Å². The third kappa shape index (κ3) is 6.91. The van der Waals surface area contributed by atoms with Gasteiger partial charge in [-0.05, 0) is 55.3 Å². The van der Waals surface area contributed by atoms with Gasteiger partial charge in [0.1, 0.15) is 5.82 Å². The van der Waals surface area contributed by atoms with Crippen molar-refractivity contribution in [3.8, 4) is 0 Å². The first-order valence-corrected chi connectivity index (χ1v) is 15.1. The van der Waals surface area contributed by atoms with E-state index in [2.05, 4.69) is 0 Å². The second kappa shape index (κ2) is 11.3. The third-order valence-electron chi connectivity index (χ3n) is 8.13. The summed E-state index contributed by atoms with van der Waals surface area (Å²) in [4.78, 5) is 31.2. The number of nitrogens with zero attached hydrogens (tertiary/aromatic N) is 3. The first-order chi connectivity index (χ1) is 19.7. The third-order valence-corrected chi connectivity index (χ3v) is 9.74. The molecule has 2 atom stereocenters. The van der Waals surface area contributed by atoms with Gasteiger partial charge in [0.2, 0.25) is 5.91 Å². The Morgan fingerprint density at radius 3 is 1.79 bits per heavy atom. The molecule has 0 aliphatic carbocycles. The largest absolute Gasteiger partial charge is 0.416 e. The molecule has 2 saturated heterocycles. The smallest absolute Gasteiger partial charge is 0.340 e. The molecule has 2 aliphatic heterocycles. The minimum atomic E-state index is -5.10. The Morgan fingerprint density at radius 1 is 0.814 bits per heavy atom. The van der Waals surface area contributed by atoms with Gasteiger partial charge in [-0.15, -0.1) is 0 Å². The number of sulfone groups is 1. The van der Waals surface area contributed by atoms with E-state index in [1.54, 1.807) is 0 Å². The van der Waals surface area contributed by atoms with Gasteiger partial charge >= 0.3 is 18.4 Å². The highest BCUT2D eigenvalue weighted by Gasteiger charge is 2.46. The molecule has 4 rings (SSSR count). The number of amides is 3. The van der Waals surface area contributed by atoms with Gasteiger partial charge in [0, 0.05) is 39.1 Å². The van der Waals surface area contributed by atoms with Crippen LogP contribution in [0.5, 0.6) is 0 Å². The molecule has 3 amide bonds. The Kier molecular flexibility index (Phi) is 8.55. The quantitative estimate of drug-likeness (QED) is 0.447. The SMILES string of the molecule is CN(C(=O)C(C)(C)c1cc(C(F)(F)F)cc(C(F)(F)F)c1)[C@@H]1CN(C(=O)N2CCS(=O)(=O)CC2)CC1c1ccc(F)cc1. The van der Waals surface area contributed by atoms with Crippen LogP contribution in [0.1, 0.15) is 42.0 Å². The van der Waals surface area contributed by atoms with Crippen molar-refractivity contribution in [1.82, 2.24) is 14.7 Å². The van der Waals surface area contributed by atoms with E-state index >= 15 is 0 Å². The van der Waals surface area contributed by atoms with Crippen LogP contribution in [0.4, 0.5) is 35.5 Å². The lowest BCUT2D eigenvalue weighted by atomic mass is 9.80. The molecule has 2 aliphatic rings. The highest BCUT2D eigenvalue weighted by molar-refractivity contribution is 7.91. The van der Waals surface area contributed by atoms with E-state index in [9.17, 15) is 48.7 Å². The molecule has 0 saturated carbocycles. The van der Waals surface area contributed by atoms with Crippen molar-refractivity contribution in [1.29, 1.82) is 0 Å². The van der Waals surface area contributed by atoms with Gasteiger partial charge in [0.05, 0.1) is 34.1 Å². The Balaban J connectivity index is 1.67. The summed E-state index contributed by atoms with van der Waals surface area (Å²) in [5.41, 5.74) is -4.90. The van der Waals surface area contributed by atoms with E-state index in [-0.39, 0.29) is 43.8 Å². The highest BCUT2D eigenvalue weighted by Crippen LogP contribution is 2.40. The molecule has 7 nitrogen and oxygen atoms in total. The van der Waals surface area contributed by atoms with Crippen LogP contribution in [0.3, 0.4) is 0 Å². The standard InChI is InChI=1S/C28H30F7N3O4S/c1-26(2,18-12-19(27(30,31)32)14-20(13-18)28(33,34)35)24(39)36(3)23-16-38(15-22(23)17-4-6-21(29)7-5-17)25(40)37-8-10-43(41,42)11-9-37/h4-7,12-14,22-23H,8-11,15-16H2,1-3H3/t22?,23-/m1/s1. The summed E-state index contributed by atoms with van der Waals surface area (Å²) in [5, 5.41) is 0. The molecule has 15 heteroatoms. The molecule has 0 spiro atoms. The second-order valence-corrected chi connectivity index (χ2v) is 13.7. The van der Waals surface area contributed by atoms with Crippen LogP contribution < -0.4 is 0 Å². The van der Waals surface area contributed by atoms with Crippen LogP contribution in [0.25, 0.3) is 0 Å². The van der Waals surface area contributed by atoms with Crippen LogP contribution in [0.15, 0.2) is 42.5 Å². The number of hydrogen-bond donors (Lipinski definition) is 0. The van der Waals surface area contributed by atoms with Crippen molar-refractivity contribution in [2.75, 3.05) is 44.7 Å². The van der Waals surface area contributed by atoms with E-state index in [4.69, 9.17) is 0 Å². The summed E-state index contributed by atoms with van der Waals surface area (Å²) in [7, 11) is -1.92. The molecule has 0 N–H and O–H groups in total. The zero-order valence-electron chi connectivity index (χ0n) is 23.5. The number of halogens is 7. The molecule has 1 unspecified atom stereocenters. The Labute approximate surface area is 244 Å². The lowest BCUT2D eigenvalue weighted by Crippen LogP contribution is -2.51. The summed E-state index contributed by atoms with van der Waals surface area (Å²) >= 11 is 0. The van der Waals surface area contributed by atoms with Crippen molar-refractivity contribution in [3.63, 3.8) is 0 Å². The molecule has 2 heterocycles. The Hall–Kier alpha value is -3.36. The van der Waals surface area contributed by atoms with Gasteiger partial charge in [-0.2, -0.15) is 26.3 Å². The lowest BCUT2D eigenvalue weighted by molar-refractivity contribution is -0.144. The fourth-order valence-electron chi connectivity index (χ4n) is 5.51. The zero-order chi connectivity index (χ0) is 32.1. The normalized spacial score (nSPS) is 21.2. The molecule has 2 aromatic carbocycles. The molecule has 236 valence electrons. The maximum Gasteiger partial charge on any atom is 0.416 e. The van der Waals surface area contributed by atoms with Crippen molar-refractivity contribution in [2.45, 2.75) is 43.6 Å². The molecule has 0 radical (unpaired) electrons. The lowest BCUT2D eigenvalue weighted by Gasteiger charge is -2.36. The van der Waals surface area contributed by atoms with Gasteiger partial charge in [-0.25, -0.2) is 17.6 Å². The predicted molar refractivity (Wildman–Crippen MR) is 142 cm³/mol. The second-order valence-electron chi connectivity index (χ2n) is 11.4. The number of urea groups is 1. The van der Waals surface area contributed by atoms with Crippen LogP contribution >= 0.6 is 0 Å². The van der Waals surface area contributed by atoms with Crippen LogP contribution in [-0.4, -0.2) is 85.8 Å². The van der Waals surface area contributed by atoms with Gasteiger partial charge in [0.25, 0.3) is 0 Å². The van der Waals surface area contributed by atoms with Gasteiger partial charge < -0.3 is 14.7 Å². The summed E-state index contributed by atoms with van der Waals surface area (Å²) in [5.74, 6) is -2.33. The number of rotatable bonds is 4. The molecule has 43 heavy (non-hydrogen) atoms. The fraction of sp³-hybridized carbons (Fsp3) is 0.500. The van der Waals surface area contributed by atoms with E-state index in [1.165, 1.54) is 59.9 Å². The van der Waals surface area contributed by atoms with E-state index in [0.717, 1.165) is 0 Å². The maximum atomic E-state index is 13.9. The highest BCUT2D eigenvalue weighted by atomic mass is 32.2. The molecule has 0 aromatic heterocycles. The van der Waals surface area contributed by atoms with E-state index in [0.29, 0.717) is 17.7 Å². The molecular formula is C28H30F7N3O4S. The van der Waals surface area contributed by atoms with Crippen LogP contribution in [-0.2, 0) is 32.4 Å². The summed E-state index contributed by atoms with van der Waals surface area (Å²) in [6.07, 6.45) is -10.2. The monoisotopic (exact) mass is 637 g/mol. The predicted octanol–water partition coefficient (Wildman–Crippen LogP) is 4.92. The molecule has 0 bridgehead atoms. The Bertz CT molecular complexity index is 1440. The van der Waals surface area contributed by atoms with Gasteiger partial charge in [-0.1, -0.05) is 12.1 Å².